The molecular formula is C8H14N2O. The molecule has 6 N–H and O–H groups in total. The molecule has 11 heavy (non-hydrogen) atoms. The van der Waals surface area contributed by atoms with E-state index in [4.69, 9.17) is 5.73 Å². The van der Waals surface area contributed by atoms with E-state index in [-0.39, 0.29) is 12.7 Å². The van der Waals surface area contributed by atoms with E-state index in [0.29, 0.717) is 0 Å². The Morgan fingerprint density at radius 1 is 1.27 bits per heavy atom. The maximum Gasteiger partial charge on any atom is 0.0912 e. The van der Waals surface area contributed by atoms with Gasteiger partial charge in [0.2, 0.25) is 0 Å². The van der Waals surface area contributed by atoms with Crippen molar-refractivity contribution in [2.45, 2.75) is 6.10 Å². The van der Waals surface area contributed by atoms with E-state index >= 15 is 0 Å². The normalized spacial score (nSPS) is 11.8. The molecule has 0 radical (unpaired) electrons. The summed E-state index contributed by atoms with van der Waals surface area (Å²) in [5.41, 5.74) is 6.13. The third-order valence-corrected chi connectivity index (χ3v) is 1.41. The molecule has 1 unspecified atom stereocenters. The first kappa shape index (κ1) is 10.1. The zero-order valence-electron chi connectivity index (χ0n) is 6.40. The lowest BCUT2D eigenvalue weighted by Gasteiger charge is -2.05. The lowest BCUT2D eigenvalue weighted by Crippen LogP contribution is -2.10. The maximum absolute atomic E-state index is 9.20. The SMILES string of the molecule is N.NCC(O)c1ccccc1. The summed E-state index contributed by atoms with van der Waals surface area (Å²) in [4.78, 5) is 0. The Hall–Kier alpha value is -0.900. The van der Waals surface area contributed by atoms with Crippen molar-refractivity contribution in [3.63, 3.8) is 0 Å². The standard InChI is InChI=1S/C8H11NO.H3N/c9-6-8(10)7-4-2-1-3-5-7;/h1-5,8,10H,6,9H2;1H3. The van der Waals surface area contributed by atoms with Crippen molar-refractivity contribution in [3.8, 4) is 0 Å². The highest BCUT2D eigenvalue weighted by Crippen LogP contribution is 2.08. The predicted molar refractivity (Wildman–Crippen MR) is 45.5 cm³/mol. The molecule has 0 saturated carbocycles. The maximum atomic E-state index is 9.20. The summed E-state index contributed by atoms with van der Waals surface area (Å²) >= 11 is 0. The van der Waals surface area contributed by atoms with E-state index in [9.17, 15) is 5.11 Å². The van der Waals surface area contributed by atoms with Gasteiger partial charge in [-0.1, -0.05) is 30.3 Å². The average Bonchev–Trinajstić information content (AvgIpc) is 2.05. The van der Waals surface area contributed by atoms with Crippen LogP contribution in [0.3, 0.4) is 0 Å². The number of benzene rings is 1. The van der Waals surface area contributed by atoms with Crippen LogP contribution >= 0.6 is 0 Å². The number of hydrogen-bond donors (Lipinski definition) is 3. The van der Waals surface area contributed by atoms with Crippen LogP contribution in [0, 0.1) is 0 Å². The lowest BCUT2D eigenvalue weighted by molar-refractivity contribution is 0.187. The fourth-order valence-corrected chi connectivity index (χ4v) is 0.811. The van der Waals surface area contributed by atoms with Gasteiger partial charge in [-0.15, -0.1) is 0 Å². The smallest absolute Gasteiger partial charge is 0.0912 e. The van der Waals surface area contributed by atoms with Gasteiger partial charge in [-0.25, -0.2) is 0 Å². The van der Waals surface area contributed by atoms with Gasteiger partial charge in [-0.3, -0.25) is 0 Å². The Balaban J connectivity index is 0.000001000. The van der Waals surface area contributed by atoms with Crippen LogP contribution in [0.2, 0.25) is 0 Å². The van der Waals surface area contributed by atoms with E-state index in [1.807, 2.05) is 30.3 Å². The van der Waals surface area contributed by atoms with Crippen molar-refractivity contribution in [2.24, 2.45) is 5.73 Å². The second-order valence-electron chi connectivity index (χ2n) is 2.16. The second kappa shape index (κ2) is 4.85. The summed E-state index contributed by atoms with van der Waals surface area (Å²) in [7, 11) is 0. The summed E-state index contributed by atoms with van der Waals surface area (Å²) in [6.45, 7) is 0.282. The molecule has 0 bridgehead atoms. The quantitative estimate of drug-likeness (QED) is 0.590. The Morgan fingerprint density at radius 3 is 2.27 bits per heavy atom. The zero-order chi connectivity index (χ0) is 7.40. The second-order valence-corrected chi connectivity index (χ2v) is 2.16. The number of aliphatic hydroxyl groups is 1. The van der Waals surface area contributed by atoms with E-state index in [1.165, 1.54) is 0 Å². The molecule has 0 aliphatic rings. The van der Waals surface area contributed by atoms with Crippen LogP contribution in [-0.4, -0.2) is 11.7 Å². The monoisotopic (exact) mass is 154 g/mol. The minimum atomic E-state index is -0.513. The van der Waals surface area contributed by atoms with Crippen molar-refractivity contribution in [1.82, 2.24) is 6.15 Å². The van der Waals surface area contributed by atoms with Gasteiger partial charge >= 0.3 is 0 Å². The van der Waals surface area contributed by atoms with Crippen molar-refractivity contribution in [1.29, 1.82) is 0 Å². The fraction of sp³-hybridized carbons (Fsp3) is 0.250. The van der Waals surface area contributed by atoms with Gasteiger partial charge in [-0.05, 0) is 5.56 Å². The Morgan fingerprint density at radius 2 is 1.82 bits per heavy atom. The molecule has 1 aromatic carbocycles. The molecule has 1 aromatic rings. The number of nitrogens with two attached hydrogens (primary N) is 1. The highest BCUT2D eigenvalue weighted by molar-refractivity contribution is 5.17. The van der Waals surface area contributed by atoms with E-state index in [2.05, 4.69) is 0 Å². The first-order valence-corrected chi connectivity index (χ1v) is 3.27. The van der Waals surface area contributed by atoms with Gasteiger partial charge in [0.25, 0.3) is 0 Å². The first-order valence-electron chi connectivity index (χ1n) is 3.27. The van der Waals surface area contributed by atoms with Gasteiger partial charge in [0.05, 0.1) is 6.10 Å². The molecule has 1 rings (SSSR count). The Kier molecular flexibility index (Phi) is 4.45. The molecule has 0 aliphatic heterocycles. The van der Waals surface area contributed by atoms with Crippen LogP contribution in [0.4, 0.5) is 0 Å². The molecular weight excluding hydrogens is 140 g/mol. The van der Waals surface area contributed by atoms with Crippen molar-refractivity contribution >= 4 is 0 Å². The van der Waals surface area contributed by atoms with Gasteiger partial charge in [-0.2, -0.15) is 0 Å². The Labute approximate surface area is 66.4 Å². The molecule has 0 heterocycles. The minimum Gasteiger partial charge on any atom is -0.387 e. The number of rotatable bonds is 2. The molecule has 1 atom stereocenters. The average molecular weight is 154 g/mol. The molecule has 62 valence electrons. The van der Waals surface area contributed by atoms with Crippen LogP contribution in [0.15, 0.2) is 30.3 Å². The molecule has 3 nitrogen and oxygen atoms in total. The van der Waals surface area contributed by atoms with Gasteiger partial charge in [0, 0.05) is 6.54 Å². The first-order chi connectivity index (χ1) is 4.84. The summed E-state index contributed by atoms with van der Waals surface area (Å²) < 4.78 is 0. The van der Waals surface area contributed by atoms with E-state index < -0.39 is 6.10 Å². The number of hydrogen-bond acceptors (Lipinski definition) is 3. The topological polar surface area (TPSA) is 81.2 Å². The van der Waals surface area contributed by atoms with Crippen molar-refractivity contribution < 1.29 is 5.11 Å². The molecule has 0 saturated heterocycles. The zero-order valence-corrected chi connectivity index (χ0v) is 6.40. The Bertz CT molecular complexity index is 189. The van der Waals surface area contributed by atoms with Gasteiger partial charge < -0.3 is 17.0 Å². The minimum absolute atomic E-state index is 0. The van der Waals surface area contributed by atoms with Crippen LogP contribution in [0.25, 0.3) is 0 Å². The van der Waals surface area contributed by atoms with Crippen LogP contribution in [0.5, 0.6) is 0 Å². The summed E-state index contributed by atoms with van der Waals surface area (Å²) in [5.74, 6) is 0. The van der Waals surface area contributed by atoms with Crippen LogP contribution in [-0.2, 0) is 0 Å². The van der Waals surface area contributed by atoms with Crippen molar-refractivity contribution in [3.05, 3.63) is 35.9 Å². The van der Waals surface area contributed by atoms with Crippen LogP contribution in [0.1, 0.15) is 11.7 Å². The lowest BCUT2D eigenvalue weighted by atomic mass is 10.1. The van der Waals surface area contributed by atoms with E-state index in [0.717, 1.165) is 5.56 Å². The molecule has 0 fully saturated rings. The predicted octanol–water partition coefficient (Wildman–Crippen LogP) is 0.841. The summed E-state index contributed by atoms with van der Waals surface area (Å²) in [6.07, 6.45) is -0.513. The van der Waals surface area contributed by atoms with Crippen molar-refractivity contribution in [2.75, 3.05) is 6.54 Å². The van der Waals surface area contributed by atoms with Gasteiger partial charge in [0.15, 0.2) is 0 Å². The molecule has 3 heteroatoms. The molecule has 0 spiro atoms. The summed E-state index contributed by atoms with van der Waals surface area (Å²) in [6, 6.07) is 9.39. The van der Waals surface area contributed by atoms with E-state index in [1.54, 1.807) is 0 Å². The molecule has 0 amide bonds. The number of aliphatic hydroxyl groups excluding tert-OH is 1. The third kappa shape index (κ3) is 2.67. The summed E-state index contributed by atoms with van der Waals surface area (Å²) in [5, 5.41) is 9.20. The largest absolute Gasteiger partial charge is 0.387 e. The third-order valence-electron chi connectivity index (χ3n) is 1.41. The highest BCUT2D eigenvalue weighted by atomic mass is 16.3. The molecule has 0 aromatic heterocycles. The fourth-order valence-electron chi connectivity index (χ4n) is 0.811. The van der Waals surface area contributed by atoms with Gasteiger partial charge in [0.1, 0.15) is 0 Å². The molecule has 0 aliphatic carbocycles. The highest BCUT2D eigenvalue weighted by Gasteiger charge is 2.01. The van der Waals surface area contributed by atoms with Crippen LogP contribution < -0.4 is 11.9 Å².